The van der Waals surface area contributed by atoms with Gasteiger partial charge in [0.05, 0.1) is 0 Å². The highest BCUT2D eigenvalue weighted by Crippen LogP contribution is 2.21. The van der Waals surface area contributed by atoms with E-state index in [1.165, 1.54) is 4.90 Å². The van der Waals surface area contributed by atoms with Crippen LogP contribution >= 0.6 is 11.8 Å². The Morgan fingerprint density at radius 3 is 2.53 bits per heavy atom. The van der Waals surface area contributed by atoms with E-state index in [1.54, 1.807) is 0 Å². The monoisotopic (exact) mass is 225 g/mol. The lowest BCUT2D eigenvalue weighted by Crippen LogP contribution is -2.10. The van der Waals surface area contributed by atoms with Crippen LogP contribution in [0, 0.1) is 0 Å². The molecule has 0 spiro atoms. The lowest BCUT2D eigenvalue weighted by Gasteiger charge is -2.11. The van der Waals surface area contributed by atoms with Gasteiger partial charge in [-0.1, -0.05) is 19.1 Å². The summed E-state index contributed by atoms with van der Waals surface area (Å²) in [5.41, 5.74) is 7.14. The maximum absolute atomic E-state index is 8.72. The van der Waals surface area contributed by atoms with Crippen molar-refractivity contribution in [2.75, 3.05) is 12.4 Å². The predicted octanol–water partition coefficient (Wildman–Crippen LogP) is 2.57. The third kappa shape index (κ3) is 4.24. The summed E-state index contributed by atoms with van der Waals surface area (Å²) in [7, 11) is 0. The van der Waals surface area contributed by atoms with Crippen LogP contribution in [0.2, 0.25) is 0 Å². The zero-order chi connectivity index (χ0) is 11.1. The van der Waals surface area contributed by atoms with E-state index in [0.29, 0.717) is 0 Å². The molecule has 0 bridgehead atoms. The smallest absolute Gasteiger partial charge is 0.0431 e. The van der Waals surface area contributed by atoms with E-state index >= 15 is 0 Å². The highest BCUT2D eigenvalue weighted by atomic mass is 32.2. The number of nitrogens with two attached hydrogens (primary N) is 1. The minimum Gasteiger partial charge on any atom is -0.396 e. The van der Waals surface area contributed by atoms with Crippen LogP contribution in [0.5, 0.6) is 0 Å². The maximum Gasteiger partial charge on any atom is 0.0431 e. The molecule has 0 radical (unpaired) electrons. The Labute approximate surface area is 95.9 Å². The molecule has 0 aliphatic carbocycles. The van der Waals surface area contributed by atoms with E-state index in [2.05, 4.69) is 31.2 Å². The first kappa shape index (κ1) is 12.6. The molecule has 0 heterocycles. The topological polar surface area (TPSA) is 46.2 Å². The van der Waals surface area contributed by atoms with Gasteiger partial charge in [0, 0.05) is 17.5 Å². The fourth-order valence-electron chi connectivity index (χ4n) is 1.46. The van der Waals surface area contributed by atoms with Gasteiger partial charge in [0.1, 0.15) is 0 Å². The van der Waals surface area contributed by atoms with Crippen molar-refractivity contribution in [2.24, 2.45) is 5.73 Å². The first-order chi connectivity index (χ1) is 7.27. The molecular weight excluding hydrogens is 206 g/mol. The summed E-state index contributed by atoms with van der Waals surface area (Å²) < 4.78 is 0. The number of benzene rings is 1. The largest absolute Gasteiger partial charge is 0.396 e. The van der Waals surface area contributed by atoms with E-state index in [-0.39, 0.29) is 12.6 Å². The van der Waals surface area contributed by atoms with Crippen LogP contribution in [0.25, 0.3) is 0 Å². The minimum atomic E-state index is 0.0535. The number of aliphatic hydroxyl groups excluding tert-OH is 1. The first-order valence-corrected chi connectivity index (χ1v) is 6.35. The Morgan fingerprint density at radius 1 is 1.33 bits per heavy atom. The molecule has 1 rings (SSSR count). The number of rotatable bonds is 6. The third-order valence-corrected chi connectivity index (χ3v) is 3.19. The van der Waals surface area contributed by atoms with Gasteiger partial charge in [-0.05, 0) is 36.3 Å². The summed E-state index contributed by atoms with van der Waals surface area (Å²) in [6.45, 7) is 2.36. The number of hydrogen-bond acceptors (Lipinski definition) is 3. The summed E-state index contributed by atoms with van der Waals surface area (Å²) in [6, 6.07) is 8.45. The average Bonchev–Trinajstić information content (AvgIpc) is 2.27. The van der Waals surface area contributed by atoms with Crippen molar-refractivity contribution < 1.29 is 5.11 Å². The summed E-state index contributed by atoms with van der Waals surface area (Å²) >= 11 is 1.83. The molecule has 2 nitrogen and oxygen atoms in total. The molecule has 0 fully saturated rings. The fourth-order valence-corrected chi connectivity index (χ4v) is 2.12. The lowest BCUT2D eigenvalue weighted by molar-refractivity contribution is 0.280. The van der Waals surface area contributed by atoms with Crippen LogP contribution in [0.1, 0.15) is 31.4 Å². The fraction of sp³-hybridized carbons (Fsp3) is 0.500. The molecule has 0 aliphatic rings. The molecule has 15 heavy (non-hydrogen) atoms. The molecule has 0 saturated carbocycles. The third-order valence-electron chi connectivity index (χ3n) is 2.29. The standard InChI is InChI=1S/C12H19NOS/c1-2-15-11-7-5-10(6-8-11)12(13)4-3-9-14/h5-8,12,14H,2-4,9,13H2,1H3/t12-/m1/s1. The van der Waals surface area contributed by atoms with Crippen LogP contribution in [-0.4, -0.2) is 17.5 Å². The second kappa shape index (κ2) is 6.88. The van der Waals surface area contributed by atoms with Crippen LogP contribution < -0.4 is 5.73 Å². The quantitative estimate of drug-likeness (QED) is 0.731. The van der Waals surface area contributed by atoms with Crippen molar-refractivity contribution in [2.45, 2.75) is 30.7 Å². The Morgan fingerprint density at radius 2 is 2.00 bits per heavy atom. The Balaban J connectivity index is 2.54. The van der Waals surface area contributed by atoms with Gasteiger partial charge in [-0.25, -0.2) is 0 Å². The molecule has 84 valence electrons. The molecule has 0 unspecified atom stereocenters. The molecule has 1 aromatic rings. The summed E-state index contributed by atoms with van der Waals surface area (Å²) in [5.74, 6) is 1.09. The normalized spacial score (nSPS) is 12.7. The van der Waals surface area contributed by atoms with Gasteiger partial charge < -0.3 is 10.8 Å². The molecule has 1 aromatic carbocycles. The zero-order valence-electron chi connectivity index (χ0n) is 9.15. The van der Waals surface area contributed by atoms with E-state index < -0.39 is 0 Å². The van der Waals surface area contributed by atoms with E-state index in [9.17, 15) is 0 Å². The Hall–Kier alpha value is -0.510. The highest BCUT2D eigenvalue weighted by molar-refractivity contribution is 7.99. The summed E-state index contributed by atoms with van der Waals surface area (Å²) in [5, 5.41) is 8.72. The summed E-state index contributed by atoms with van der Waals surface area (Å²) in [6.07, 6.45) is 1.61. The molecule has 1 atom stereocenters. The van der Waals surface area contributed by atoms with Crippen molar-refractivity contribution in [1.29, 1.82) is 0 Å². The number of thioether (sulfide) groups is 1. The van der Waals surface area contributed by atoms with Crippen molar-refractivity contribution in [3.63, 3.8) is 0 Å². The van der Waals surface area contributed by atoms with E-state index in [4.69, 9.17) is 10.8 Å². The van der Waals surface area contributed by atoms with Crippen molar-refractivity contribution in [3.05, 3.63) is 29.8 Å². The zero-order valence-corrected chi connectivity index (χ0v) is 9.96. The van der Waals surface area contributed by atoms with Gasteiger partial charge in [0.25, 0.3) is 0 Å². The molecular formula is C12H19NOS. The predicted molar refractivity (Wildman–Crippen MR) is 66.1 cm³/mol. The van der Waals surface area contributed by atoms with Crippen LogP contribution in [0.3, 0.4) is 0 Å². The van der Waals surface area contributed by atoms with Crippen LogP contribution in [0.15, 0.2) is 29.2 Å². The molecule has 0 amide bonds. The molecule has 3 heteroatoms. The van der Waals surface area contributed by atoms with Gasteiger partial charge in [-0.15, -0.1) is 11.8 Å². The summed E-state index contributed by atoms with van der Waals surface area (Å²) in [4.78, 5) is 1.29. The van der Waals surface area contributed by atoms with Crippen LogP contribution in [0.4, 0.5) is 0 Å². The second-order valence-corrected chi connectivity index (χ2v) is 4.81. The SMILES string of the molecule is CCSc1ccc([C@H](N)CCCO)cc1. The Bertz CT molecular complexity index is 273. The Kier molecular flexibility index (Phi) is 5.76. The van der Waals surface area contributed by atoms with Crippen molar-refractivity contribution >= 4 is 11.8 Å². The maximum atomic E-state index is 8.72. The van der Waals surface area contributed by atoms with Gasteiger partial charge in [0.15, 0.2) is 0 Å². The van der Waals surface area contributed by atoms with Gasteiger partial charge >= 0.3 is 0 Å². The van der Waals surface area contributed by atoms with Gasteiger partial charge in [-0.2, -0.15) is 0 Å². The molecule has 0 aliphatic heterocycles. The highest BCUT2D eigenvalue weighted by Gasteiger charge is 2.04. The van der Waals surface area contributed by atoms with E-state index in [1.807, 2.05) is 11.8 Å². The van der Waals surface area contributed by atoms with Crippen molar-refractivity contribution in [1.82, 2.24) is 0 Å². The van der Waals surface area contributed by atoms with Crippen molar-refractivity contribution in [3.8, 4) is 0 Å². The molecule has 3 N–H and O–H groups in total. The number of aliphatic hydroxyl groups is 1. The van der Waals surface area contributed by atoms with Gasteiger partial charge in [-0.3, -0.25) is 0 Å². The minimum absolute atomic E-state index is 0.0535. The number of hydrogen-bond donors (Lipinski definition) is 2. The molecule has 0 aromatic heterocycles. The first-order valence-electron chi connectivity index (χ1n) is 5.37. The average molecular weight is 225 g/mol. The second-order valence-electron chi connectivity index (χ2n) is 3.47. The molecule has 0 saturated heterocycles. The van der Waals surface area contributed by atoms with E-state index in [0.717, 1.165) is 24.2 Å². The van der Waals surface area contributed by atoms with Gasteiger partial charge in [0.2, 0.25) is 0 Å². The van der Waals surface area contributed by atoms with Crippen LogP contribution in [-0.2, 0) is 0 Å². The lowest BCUT2D eigenvalue weighted by atomic mass is 10.0.